The molecule has 0 aromatic carbocycles. The van der Waals surface area contributed by atoms with E-state index >= 15 is 0 Å². The van der Waals surface area contributed by atoms with Crippen molar-refractivity contribution < 1.29 is 104 Å². The number of esters is 3. The largest absolute Gasteiger partial charge is 0.481 e. The first kappa shape index (κ1) is 77.5. The molecule has 1 fully saturated rings. The second-order valence-corrected chi connectivity index (χ2v) is 24.7. The fraction of sp³-hybridized carbons (Fsp3) is 0.806. The highest BCUT2D eigenvalue weighted by Gasteiger charge is 2.52. The fourth-order valence-corrected chi connectivity index (χ4v) is 11.4. The van der Waals surface area contributed by atoms with Crippen LogP contribution in [0.25, 0.3) is 0 Å². The van der Waals surface area contributed by atoms with Crippen molar-refractivity contribution in [3.63, 3.8) is 0 Å². The molecule has 1 saturated heterocycles. The van der Waals surface area contributed by atoms with E-state index in [4.69, 9.17) is 24.7 Å². The number of carbonyl (C=O) groups is 5. The zero-order chi connectivity index (χ0) is 65.0. The van der Waals surface area contributed by atoms with Gasteiger partial charge in [-0.2, -0.15) is 0 Å². The topological polar surface area (TPSA) is 415 Å². The van der Waals surface area contributed by atoms with Crippen LogP contribution in [0.5, 0.6) is 0 Å². The van der Waals surface area contributed by atoms with E-state index in [2.05, 4.69) is 29.4 Å². The average molecular weight is 1230 g/mol. The Morgan fingerprint density at radius 3 is 1.99 bits per heavy atom. The molecule has 0 aromatic rings. The number of aliphatic imine (C=N–C) groups is 1. The maximum absolute atomic E-state index is 13.9. The van der Waals surface area contributed by atoms with Gasteiger partial charge in [-0.25, -0.2) is 0 Å². The number of ether oxygens (including phenoxy) is 4. The number of carboxylic acid groups (broad SMARTS) is 2. The Bertz CT molecular complexity index is 2150. The molecule has 2 aliphatic heterocycles. The Balaban J connectivity index is 2.51. The van der Waals surface area contributed by atoms with Gasteiger partial charge in [0.05, 0.1) is 60.9 Å². The Labute approximate surface area is 507 Å². The molecule has 496 valence electrons. The molecule has 0 spiro atoms. The van der Waals surface area contributed by atoms with Crippen molar-refractivity contribution in [1.29, 1.82) is 0 Å². The minimum Gasteiger partial charge on any atom is -0.481 e. The van der Waals surface area contributed by atoms with Crippen molar-refractivity contribution in [2.45, 2.75) is 256 Å². The van der Waals surface area contributed by atoms with Crippen LogP contribution < -0.4 is 11.1 Å². The highest BCUT2D eigenvalue weighted by molar-refractivity contribution is 5.90. The normalized spacial score (nSPS) is 36.7. The number of aliphatic hydroxyl groups is 10. The molecule has 2 heterocycles. The first-order chi connectivity index (χ1) is 40.3. The summed E-state index contributed by atoms with van der Waals surface area (Å²) in [7, 11) is 1.63. The minimum atomic E-state index is -2.72. The van der Waals surface area contributed by atoms with Crippen molar-refractivity contribution in [1.82, 2.24) is 5.32 Å². The van der Waals surface area contributed by atoms with Crippen LogP contribution in [0.4, 0.5) is 0 Å². The van der Waals surface area contributed by atoms with E-state index in [9.17, 15) is 85.3 Å². The van der Waals surface area contributed by atoms with Crippen LogP contribution in [-0.4, -0.2) is 196 Å². The van der Waals surface area contributed by atoms with Crippen LogP contribution in [0.3, 0.4) is 0 Å². The summed E-state index contributed by atoms with van der Waals surface area (Å²) in [6.45, 7) is 14.9. The maximum Gasteiger partial charge on any atom is 0.317 e. The quantitative estimate of drug-likeness (QED) is 0.0188. The van der Waals surface area contributed by atoms with Gasteiger partial charge in [-0.15, -0.1) is 0 Å². The van der Waals surface area contributed by atoms with Gasteiger partial charge in [-0.3, -0.25) is 29.0 Å². The molecule has 15 N–H and O–H groups in total. The van der Waals surface area contributed by atoms with Crippen LogP contribution in [0.2, 0.25) is 0 Å². The van der Waals surface area contributed by atoms with Crippen molar-refractivity contribution in [2.24, 2.45) is 58.1 Å². The summed E-state index contributed by atoms with van der Waals surface area (Å²) in [6.07, 6.45) is -5.60. The van der Waals surface area contributed by atoms with Gasteiger partial charge in [-0.1, -0.05) is 91.3 Å². The zero-order valence-corrected chi connectivity index (χ0v) is 52.1. The minimum absolute atomic E-state index is 0.0145. The van der Waals surface area contributed by atoms with E-state index in [0.717, 1.165) is 45.1 Å². The van der Waals surface area contributed by atoms with Gasteiger partial charge in [0.15, 0.2) is 11.7 Å². The van der Waals surface area contributed by atoms with Gasteiger partial charge < -0.3 is 91.3 Å². The van der Waals surface area contributed by atoms with Crippen LogP contribution in [-0.2, 0) is 42.9 Å². The van der Waals surface area contributed by atoms with Crippen LogP contribution in [0, 0.1) is 47.3 Å². The standard InChI is InChI=1S/C62H107N3O21/c1-35(19-14-12-10-11-13-17-26-65-61(63)64-9)27-38(4)58-37(3)20-15-16-22-47(68)39(5)50(71)29-44(67)28-45(83-54(76)32-52(72)73)30-46-31-51(84-55(77)33-53(74)75)59(80)62(82,86-46)34-43(66)21-18-23-48(69)40(6)57(79)42(8)56(78)36(2)24-25-49(70)41(7)60(81)85-58/h10-11,15-16,20,22,35-51,56-59,66-71,78-80,82H,12-14,17-19,21,23-34H2,1-9H3,(H,72,73)(H,74,75)(H3,63,64,65)/b11-10+,20-15+,22-16-. The lowest BCUT2D eigenvalue weighted by molar-refractivity contribution is -0.333. The van der Waals surface area contributed by atoms with E-state index in [1.54, 1.807) is 46.9 Å². The van der Waals surface area contributed by atoms with E-state index in [0.29, 0.717) is 5.96 Å². The number of guanidine groups is 1. The summed E-state index contributed by atoms with van der Waals surface area (Å²) >= 11 is 0. The van der Waals surface area contributed by atoms with Crippen molar-refractivity contribution in [3.8, 4) is 0 Å². The lowest BCUT2D eigenvalue weighted by atomic mass is 9.79. The van der Waals surface area contributed by atoms with E-state index < -0.39 is 190 Å². The molecule has 0 saturated carbocycles. The Morgan fingerprint density at radius 1 is 0.744 bits per heavy atom. The summed E-state index contributed by atoms with van der Waals surface area (Å²) in [5.74, 6) is -12.7. The summed E-state index contributed by atoms with van der Waals surface area (Å²) < 4.78 is 22.9. The SMILES string of the molecule is CN=C(N)NCCC/C=C/CCCC(C)CC(C)C1OC(=O)C(C)C(O)CCC(C)C(O)C(C)C(O)C(C)C(O)CCCC(O)CC2(O)OC(CC(OC(=O)CC(=O)O)CC(O)CC(O)C(C)C(O)/C=C\C=C\C1C)CC(OC(=O)CC(=O)O)C2O. The van der Waals surface area contributed by atoms with Gasteiger partial charge in [0.1, 0.15) is 37.3 Å². The molecule has 0 aromatic heterocycles. The number of aliphatic carboxylic acids is 2. The Hall–Kier alpha value is -4.60. The van der Waals surface area contributed by atoms with Crippen molar-refractivity contribution >= 4 is 35.8 Å². The zero-order valence-electron chi connectivity index (χ0n) is 52.1. The number of fused-ring (bicyclic) bond motifs is 2. The summed E-state index contributed by atoms with van der Waals surface area (Å²) in [4.78, 5) is 66.1. The third kappa shape index (κ3) is 28.3. The van der Waals surface area contributed by atoms with Gasteiger partial charge >= 0.3 is 29.8 Å². The first-order valence-corrected chi connectivity index (χ1v) is 30.8. The number of carboxylic acids is 2. The smallest absolute Gasteiger partial charge is 0.317 e. The molecule has 22 atom stereocenters. The molecule has 24 nitrogen and oxygen atoms in total. The number of rotatable bonds is 17. The molecule has 22 unspecified atom stereocenters. The molecule has 0 radical (unpaired) electrons. The fourth-order valence-electron chi connectivity index (χ4n) is 11.4. The predicted molar refractivity (Wildman–Crippen MR) is 318 cm³/mol. The molecule has 24 heteroatoms. The number of allylic oxidation sites excluding steroid dienone is 4. The van der Waals surface area contributed by atoms with E-state index in [1.165, 1.54) is 13.0 Å². The van der Waals surface area contributed by atoms with Crippen LogP contribution in [0.15, 0.2) is 41.4 Å². The monoisotopic (exact) mass is 1230 g/mol. The summed E-state index contributed by atoms with van der Waals surface area (Å²) in [5.41, 5.74) is 5.69. The maximum atomic E-state index is 13.9. The second-order valence-electron chi connectivity index (χ2n) is 24.7. The van der Waals surface area contributed by atoms with Gasteiger partial charge in [0, 0.05) is 62.9 Å². The number of hydrogen-bond acceptors (Lipinski definition) is 20. The lowest BCUT2D eigenvalue weighted by Crippen LogP contribution is -2.60. The number of cyclic esters (lactones) is 1. The van der Waals surface area contributed by atoms with Gasteiger partial charge in [-0.05, 0) is 95.3 Å². The number of hydrogen-bond donors (Lipinski definition) is 14. The first-order valence-electron chi connectivity index (χ1n) is 30.8. The third-order valence-corrected chi connectivity index (χ3v) is 17.1. The number of nitrogens with one attached hydrogen (secondary N) is 1. The summed E-state index contributed by atoms with van der Waals surface area (Å²) in [5, 5.41) is 135. The number of nitrogens with zero attached hydrogens (tertiary/aromatic N) is 1. The van der Waals surface area contributed by atoms with Crippen LogP contribution in [0.1, 0.15) is 171 Å². The molecule has 2 aliphatic rings. The third-order valence-electron chi connectivity index (χ3n) is 17.1. The predicted octanol–water partition coefficient (Wildman–Crippen LogP) is 3.55. The molecule has 2 bridgehead atoms. The average Bonchev–Trinajstić information content (AvgIpc) is 2.21. The van der Waals surface area contributed by atoms with Crippen molar-refractivity contribution in [2.75, 3.05) is 13.6 Å². The van der Waals surface area contributed by atoms with Gasteiger partial charge in [0.2, 0.25) is 0 Å². The molecule has 0 aliphatic carbocycles. The number of unbranched alkanes of at least 4 members (excludes halogenated alkanes) is 2. The number of aliphatic hydroxyl groups excluding tert-OH is 9. The number of carbonyl (C=O) groups excluding carboxylic acids is 3. The molecule has 0 amide bonds. The van der Waals surface area contributed by atoms with Crippen LogP contribution >= 0.6 is 0 Å². The Kier molecular flexibility index (Phi) is 35.5. The molecule has 2 rings (SSSR count). The molecular formula is C62H107N3O21. The van der Waals surface area contributed by atoms with E-state index in [1.807, 2.05) is 19.9 Å². The van der Waals surface area contributed by atoms with Crippen molar-refractivity contribution in [3.05, 3.63) is 36.5 Å². The highest BCUT2D eigenvalue weighted by atomic mass is 16.7. The highest BCUT2D eigenvalue weighted by Crippen LogP contribution is 2.37. The lowest BCUT2D eigenvalue weighted by Gasteiger charge is -2.45. The van der Waals surface area contributed by atoms with Gasteiger partial charge in [0.25, 0.3) is 0 Å². The summed E-state index contributed by atoms with van der Waals surface area (Å²) in [6, 6.07) is 0. The molecule has 86 heavy (non-hydrogen) atoms. The van der Waals surface area contributed by atoms with E-state index in [-0.39, 0.29) is 49.9 Å². The molecular weight excluding hydrogens is 1120 g/mol. The number of nitrogens with two attached hydrogens (primary N) is 1. The second kappa shape index (κ2) is 39.4. The Morgan fingerprint density at radius 2 is 1.36 bits per heavy atom.